The third kappa shape index (κ3) is 4.94. The molecule has 0 N–H and O–H groups in total. The summed E-state index contributed by atoms with van der Waals surface area (Å²) in [5.41, 5.74) is 8.97. The number of fused-ring (bicyclic) bond motifs is 3. The van der Waals surface area contributed by atoms with Crippen LogP contribution in [0.1, 0.15) is 33.4 Å². The van der Waals surface area contributed by atoms with Crippen LogP contribution in [0.3, 0.4) is 0 Å². The summed E-state index contributed by atoms with van der Waals surface area (Å²) in [6.45, 7) is 7.52. The topological polar surface area (TPSA) is 52.6 Å². The van der Waals surface area contributed by atoms with Crippen LogP contribution in [0.5, 0.6) is 0 Å². The van der Waals surface area contributed by atoms with Crippen LogP contribution in [0.15, 0.2) is 122 Å². The van der Waals surface area contributed by atoms with E-state index in [1.165, 1.54) is 45.5 Å². The lowest BCUT2D eigenvalue weighted by Crippen LogP contribution is -2.28. The van der Waals surface area contributed by atoms with E-state index < -0.39 is 17.4 Å². The number of hydrogen-bond donors (Lipinski definition) is 0. The first-order valence-corrected chi connectivity index (χ1v) is 13.0. The molecule has 0 unspecified atom stereocenters. The van der Waals surface area contributed by atoms with Gasteiger partial charge in [0, 0.05) is 25.0 Å². The Morgan fingerprint density at radius 2 is 0.974 bits per heavy atom. The average Bonchev–Trinajstić information content (AvgIpc) is 3.29. The predicted molar refractivity (Wildman–Crippen MR) is 153 cm³/mol. The first-order chi connectivity index (χ1) is 19.1. The van der Waals surface area contributed by atoms with Crippen molar-refractivity contribution in [1.29, 1.82) is 0 Å². The number of hydrogen-bond acceptors (Lipinski definition) is 4. The third-order valence-corrected chi connectivity index (χ3v) is 7.33. The number of esters is 2. The van der Waals surface area contributed by atoms with Crippen molar-refractivity contribution in [1.82, 2.24) is 0 Å². The molecule has 0 saturated carbocycles. The Labute approximate surface area is 229 Å². The van der Waals surface area contributed by atoms with E-state index in [1.54, 1.807) is 0 Å². The molecule has 0 atom stereocenters. The molecule has 0 bridgehead atoms. The van der Waals surface area contributed by atoms with Gasteiger partial charge in [-0.2, -0.15) is 0 Å². The molecular weight excluding hydrogens is 484 g/mol. The highest BCUT2D eigenvalue weighted by atomic mass is 16.5. The van der Waals surface area contributed by atoms with Crippen LogP contribution in [-0.2, 0) is 37.3 Å². The van der Waals surface area contributed by atoms with Crippen LogP contribution in [0.25, 0.3) is 11.1 Å². The SMILES string of the molecule is C=CC(=O)OCCc1ccc(C2(c3ccc(CCOC(=O)C=C)cc3)c3ccccc3-c3ccccc32)cc1. The second-order valence-electron chi connectivity index (χ2n) is 9.48. The van der Waals surface area contributed by atoms with Crippen LogP contribution in [-0.4, -0.2) is 25.2 Å². The fourth-order valence-corrected chi connectivity index (χ4v) is 5.52. The molecule has 0 radical (unpaired) electrons. The van der Waals surface area contributed by atoms with Gasteiger partial charge >= 0.3 is 11.9 Å². The van der Waals surface area contributed by atoms with Gasteiger partial charge in [0.25, 0.3) is 0 Å². The minimum absolute atomic E-state index is 0.310. The Bertz CT molecular complexity index is 1400. The molecule has 39 heavy (non-hydrogen) atoms. The second-order valence-corrected chi connectivity index (χ2v) is 9.48. The first kappa shape index (κ1) is 25.9. The molecule has 4 nitrogen and oxygen atoms in total. The summed E-state index contributed by atoms with van der Waals surface area (Å²) in [5, 5.41) is 0. The van der Waals surface area contributed by atoms with Crippen LogP contribution in [0, 0.1) is 0 Å². The van der Waals surface area contributed by atoms with Crippen molar-refractivity contribution < 1.29 is 19.1 Å². The van der Waals surface area contributed by atoms with Crippen molar-refractivity contribution in [2.24, 2.45) is 0 Å². The molecule has 0 aromatic heterocycles. The van der Waals surface area contributed by atoms with Gasteiger partial charge in [-0.05, 0) is 44.5 Å². The summed E-state index contributed by atoms with van der Waals surface area (Å²) in [6.07, 6.45) is 3.62. The first-order valence-electron chi connectivity index (χ1n) is 13.0. The molecular formula is C35H30O4. The third-order valence-electron chi connectivity index (χ3n) is 7.33. The minimum atomic E-state index is -0.491. The molecule has 4 heteroatoms. The van der Waals surface area contributed by atoms with E-state index >= 15 is 0 Å². The van der Waals surface area contributed by atoms with Gasteiger partial charge in [-0.15, -0.1) is 0 Å². The number of carbonyl (C=O) groups excluding carboxylic acids is 2. The van der Waals surface area contributed by atoms with Gasteiger partial charge in [0.2, 0.25) is 0 Å². The van der Waals surface area contributed by atoms with E-state index in [2.05, 4.69) is 110 Å². The maximum Gasteiger partial charge on any atom is 0.330 e. The summed E-state index contributed by atoms with van der Waals surface area (Å²) in [6, 6.07) is 34.4. The Hall–Kier alpha value is -4.70. The van der Waals surface area contributed by atoms with Gasteiger partial charge in [-0.1, -0.05) is 110 Å². The fraction of sp³-hybridized carbons (Fsp3) is 0.143. The van der Waals surface area contributed by atoms with Gasteiger partial charge < -0.3 is 9.47 Å². The lowest BCUT2D eigenvalue weighted by atomic mass is 9.67. The molecule has 0 heterocycles. The largest absolute Gasteiger partial charge is 0.462 e. The quantitative estimate of drug-likeness (QED) is 0.156. The zero-order valence-electron chi connectivity index (χ0n) is 21.8. The monoisotopic (exact) mass is 514 g/mol. The van der Waals surface area contributed by atoms with Crippen molar-refractivity contribution in [2.75, 3.05) is 13.2 Å². The lowest BCUT2D eigenvalue weighted by molar-refractivity contribution is -0.138. The number of carbonyl (C=O) groups is 2. The summed E-state index contributed by atoms with van der Waals surface area (Å²) in [7, 11) is 0. The Morgan fingerprint density at radius 3 is 1.36 bits per heavy atom. The van der Waals surface area contributed by atoms with Gasteiger partial charge in [0.15, 0.2) is 0 Å². The van der Waals surface area contributed by atoms with E-state index in [4.69, 9.17) is 9.47 Å². The minimum Gasteiger partial charge on any atom is -0.462 e. The van der Waals surface area contributed by atoms with Crippen LogP contribution >= 0.6 is 0 Å². The van der Waals surface area contributed by atoms with E-state index in [-0.39, 0.29) is 0 Å². The molecule has 5 rings (SSSR count). The molecule has 194 valence electrons. The van der Waals surface area contributed by atoms with E-state index in [9.17, 15) is 9.59 Å². The smallest absolute Gasteiger partial charge is 0.330 e. The number of rotatable bonds is 10. The maximum absolute atomic E-state index is 11.4. The van der Waals surface area contributed by atoms with Crippen LogP contribution in [0.2, 0.25) is 0 Å². The summed E-state index contributed by atoms with van der Waals surface area (Å²) < 4.78 is 10.4. The molecule has 1 aliphatic carbocycles. The van der Waals surface area contributed by atoms with Crippen molar-refractivity contribution in [3.63, 3.8) is 0 Å². The maximum atomic E-state index is 11.4. The molecule has 0 amide bonds. The van der Waals surface area contributed by atoms with Crippen molar-refractivity contribution in [3.8, 4) is 11.1 Å². The summed E-state index contributed by atoms with van der Waals surface area (Å²) in [4.78, 5) is 22.8. The molecule has 4 aromatic rings. The van der Waals surface area contributed by atoms with Crippen LogP contribution in [0.4, 0.5) is 0 Å². The van der Waals surface area contributed by atoms with Gasteiger partial charge in [-0.3, -0.25) is 0 Å². The molecule has 0 aliphatic heterocycles. The lowest BCUT2D eigenvalue weighted by Gasteiger charge is -2.34. The standard InChI is InChI=1S/C35H30O4/c1-3-33(36)38-23-21-25-13-17-27(18-14-25)35(28-19-15-26(16-20-28)22-24-39-34(37)4-2)31-11-7-5-9-29(31)30-10-6-8-12-32(30)35/h3-20H,1-2,21-24H2. The summed E-state index contributed by atoms with van der Waals surface area (Å²) >= 11 is 0. The fourth-order valence-electron chi connectivity index (χ4n) is 5.52. The highest BCUT2D eigenvalue weighted by Gasteiger charge is 2.45. The average molecular weight is 515 g/mol. The predicted octanol–water partition coefficient (Wildman–Crippen LogP) is 6.59. The molecule has 0 spiro atoms. The zero-order chi connectivity index (χ0) is 27.2. The molecule has 4 aromatic carbocycles. The Morgan fingerprint density at radius 1 is 0.590 bits per heavy atom. The second kappa shape index (κ2) is 11.4. The number of benzene rings is 4. The Kier molecular flexibility index (Phi) is 7.55. The molecule has 0 saturated heterocycles. The molecule has 0 fully saturated rings. The van der Waals surface area contributed by atoms with E-state index in [1.807, 2.05) is 0 Å². The van der Waals surface area contributed by atoms with Crippen molar-refractivity contribution in [3.05, 3.63) is 156 Å². The van der Waals surface area contributed by atoms with Gasteiger partial charge in [0.1, 0.15) is 0 Å². The summed E-state index contributed by atoms with van der Waals surface area (Å²) in [5.74, 6) is -0.820. The van der Waals surface area contributed by atoms with Crippen molar-refractivity contribution in [2.45, 2.75) is 18.3 Å². The van der Waals surface area contributed by atoms with Gasteiger partial charge in [0.05, 0.1) is 18.6 Å². The van der Waals surface area contributed by atoms with E-state index in [0.717, 1.165) is 11.1 Å². The highest BCUT2D eigenvalue weighted by molar-refractivity contribution is 5.86. The van der Waals surface area contributed by atoms with Crippen molar-refractivity contribution >= 4 is 11.9 Å². The van der Waals surface area contributed by atoms with Gasteiger partial charge in [-0.25, -0.2) is 9.59 Å². The van der Waals surface area contributed by atoms with Crippen LogP contribution < -0.4 is 0 Å². The number of ether oxygens (including phenoxy) is 2. The molecule has 1 aliphatic rings. The highest BCUT2D eigenvalue weighted by Crippen LogP contribution is 2.55. The Balaban J connectivity index is 1.55. The normalized spacial score (nSPS) is 12.6. The van der Waals surface area contributed by atoms with E-state index in [0.29, 0.717) is 26.1 Å². The zero-order valence-corrected chi connectivity index (χ0v) is 21.8.